The molecule has 5 nitrogen and oxygen atoms in total. The third kappa shape index (κ3) is 5.89. The highest BCUT2D eigenvalue weighted by Gasteiger charge is 2.06. The molecule has 0 spiro atoms. The molecule has 24 heavy (non-hydrogen) atoms. The number of nitrogens with zero attached hydrogens (tertiary/aromatic N) is 1. The van der Waals surface area contributed by atoms with E-state index in [0.29, 0.717) is 24.7 Å². The van der Waals surface area contributed by atoms with Crippen molar-refractivity contribution in [2.75, 3.05) is 13.2 Å². The van der Waals surface area contributed by atoms with Crippen molar-refractivity contribution in [1.82, 2.24) is 5.43 Å². The highest BCUT2D eigenvalue weighted by Crippen LogP contribution is 2.28. The summed E-state index contributed by atoms with van der Waals surface area (Å²) in [5, 5.41) is 4.06. The van der Waals surface area contributed by atoms with Gasteiger partial charge in [-0.15, -0.1) is 0 Å². The summed E-state index contributed by atoms with van der Waals surface area (Å²) in [6, 6.07) is 15.9. The number of hydrogen-bond donors (Lipinski definition) is 2. The SMILES string of the molecule is CCOc1cc(/C=N/NC(N)=S)ccc1OCCc1ccccc1. The molecule has 2 aromatic carbocycles. The summed E-state index contributed by atoms with van der Waals surface area (Å²) >= 11 is 4.70. The Kier molecular flexibility index (Phi) is 7.04. The van der Waals surface area contributed by atoms with Crippen molar-refractivity contribution in [2.45, 2.75) is 13.3 Å². The van der Waals surface area contributed by atoms with Gasteiger partial charge < -0.3 is 15.2 Å². The van der Waals surface area contributed by atoms with Crippen LogP contribution in [0.3, 0.4) is 0 Å². The number of nitrogens with two attached hydrogens (primary N) is 1. The fourth-order valence-corrected chi connectivity index (χ4v) is 2.14. The third-order valence-corrected chi connectivity index (χ3v) is 3.24. The molecule has 2 aromatic rings. The van der Waals surface area contributed by atoms with Crippen LogP contribution < -0.4 is 20.6 Å². The summed E-state index contributed by atoms with van der Waals surface area (Å²) in [6.45, 7) is 3.07. The number of nitrogens with one attached hydrogen (secondary N) is 1. The maximum Gasteiger partial charge on any atom is 0.184 e. The van der Waals surface area contributed by atoms with Gasteiger partial charge in [0.05, 0.1) is 19.4 Å². The average molecular weight is 343 g/mol. The number of hydrazone groups is 1. The molecule has 0 aliphatic heterocycles. The summed E-state index contributed by atoms with van der Waals surface area (Å²) in [5.74, 6) is 1.40. The number of ether oxygens (including phenoxy) is 2. The first-order valence-electron chi connectivity index (χ1n) is 7.71. The van der Waals surface area contributed by atoms with Crippen LogP contribution in [0.15, 0.2) is 53.6 Å². The lowest BCUT2D eigenvalue weighted by Crippen LogP contribution is -2.23. The van der Waals surface area contributed by atoms with Crippen molar-refractivity contribution in [3.05, 3.63) is 59.7 Å². The summed E-state index contributed by atoms with van der Waals surface area (Å²) in [6.07, 6.45) is 2.46. The molecular weight excluding hydrogens is 322 g/mol. The van der Waals surface area contributed by atoms with Gasteiger partial charge in [-0.3, -0.25) is 5.43 Å². The summed E-state index contributed by atoms with van der Waals surface area (Å²) < 4.78 is 11.5. The number of thiocarbonyl (C=S) groups is 1. The van der Waals surface area contributed by atoms with E-state index in [4.69, 9.17) is 27.4 Å². The predicted octanol–water partition coefficient (Wildman–Crippen LogP) is 2.87. The number of hydrogen-bond acceptors (Lipinski definition) is 4. The van der Waals surface area contributed by atoms with Crippen LogP contribution in [-0.2, 0) is 6.42 Å². The Bertz CT molecular complexity index is 690. The van der Waals surface area contributed by atoms with Gasteiger partial charge in [-0.25, -0.2) is 0 Å². The molecule has 126 valence electrons. The molecule has 0 amide bonds. The molecule has 0 fully saturated rings. The lowest BCUT2D eigenvalue weighted by atomic mass is 10.2. The number of rotatable bonds is 8. The summed E-state index contributed by atoms with van der Waals surface area (Å²) in [5.41, 5.74) is 9.94. The first-order valence-corrected chi connectivity index (χ1v) is 8.12. The maximum absolute atomic E-state index is 5.87. The van der Waals surface area contributed by atoms with Crippen LogP contribution in [0.2, 0.25) is 0 Å². The van der Waals surface area contributed by atoms with Crippen LogP contribution >= 0.6 is 12.2 Å². The zero-order chi connectivity index (χ0) is 17.2. The predicted molar refractivity (Wildman–Crippen MR) is 101 cm³/mol. The Hall–Kier alpha value is -2.60. The van der Waals surface area contributed by atoms with Crippen molar-refractivity contribution in [3.8, 4) is 11.5 Å². The van der Waals surface area contributed by atoms with E-state index < -0.39 is 0 Å². The second-order valence-corrected chi connectivity index (χ2v) is 5.40. The monoisotopic (exact) mass is 343 g/mol. The van der Waals surface area contributed by atoms with Gasteiger partial charge in [-0.2, -0.15) is 5.10 Å². The molecule has 3 N–H and O–H groups in total. The van der Waals surface area contributed by atoms with Gasteiger partial charge in [-0.1, -0.05) is 30.3 Å². The van der Waals surface area contributed by atoms with Crippen LogP contribution in [0.25, 0.3) is 0 Å². The summed E-state index contributed by atoms with van der Waals surface area (Å²) in [7, 11) is 0. The topological polar surface area (TPSA) is 68.9 Å². The first-order chi connectivity index (χ1) is 11.7. The molecule has 0 atom stereocenters. The van der Waals surface area contributed by atoms with E-state index in [1.54, 1.807) is 6.21 Å². The smallest absolute Gasteiger partial charge is 0.184 e. The van der Waals surface area contributed by atoms with Crippen molar-refractivity contribution < 1.29 is 9.47 Å². The van der Waals surface area contributed by atoms with Gasteiger partial charge >= 0.3 is 0 Å². The minimum Gasteiger partial charge on any atom is -0.490 e. The Labute approximate surface area is 147 Å². The largest absolute Gasteiger partial charge is 0.490 e. The molecule has 0 saturated heterocycles. The van der Waals surface area contributed by atoms with Crippen LogP contribution in [0, 0.1) is 0 Å². The van der Waals surface area contributed by atoms with E-state index in [1.807, 2.05) is 43.3 Å². The van der Waals surface area contributed by atoms with Crippen LogP contribution in [0.1, 0.15) is 18.1 Å². The fraction of sp³-hybridized carbons (Fsp3) is 0.222. The van der Waals surface area contributed by atoms with E-state index in [9.17, 15) is 0 Å². The molecule has 0 aliphatic rings. The second kappa shape index (κ2) is 9.52. The zero-order valence-electron chi connectivity index (χ0n) is 13.6. The molecule has 2 rings (SSSR count). The first kappa shape index (κ1) is 17.7. The highest BCUT2D eigenvalue weighted by atomic mass is 32.1. The molecule has 0 saturated carbocycles. The zero-order valence-corrected chi connectivity index (χ0v) is 14.4. The fourth-order valence-electron chi connectivity index (χ4n) is 2.09. The van der Waals surface area contributed by atoms with Crippen LogP contribution in [0.4, 0.5) is 0 Å². The standard InChI is InChI=1S/C18H21N3O2S/c1-2-22-17-12-15(13-20-21-18(19)24)8-9-16(17)23-11-10-14-6-4-3-5-7-14/h3-9,12-13H,2,10-11H2,1H3,(H3,19,21,24)/b20-13+. The third-order valence-electron chi connectivity index (χ3n) is 3.15. The van der Waals surface area contributed by atoms with Gasteiger partial charge in [-0.05, 0) is 48.5 Å². The molecule has 0 bridgehead atoms. The van der Waals surface area contributed by atoms with E-state index in [0.717, 1.165) is 12.0 Å². The molecule has 0 radical (unpaired) electrons. The van der Waals surface area contributed by atoms with Crippen LogP contribution in [0.5, 0.6) is 11.5 Å². The van der Waals surface area contributed by atoms with Gasteiger partial charge in [0.1, 0.15) is 0 Å². The Morgan fingerprint density at radius 2 is 1.96 bits per heavy atom. The summed E-state index contributed by atoms with van der Waals surface area (Å²) in [4.78, 5) is 0. The Morgan fingerprint density at radius 1 is 1.17 bits per heavy atom. The quantitative estimate of drug-likeness (QED) is 0.438. The Morgan fingerprint density at radius 3 is 2.67 bits per heavy atom. The van der Waals surface area contributed by atoms with Crippen LogP contribution in [-0.4, -0.2) is 24.5 Å². The van der Waals surface area contributed by atoms with Crippen molar-refractivity contribution >= 4 is 23.5 Å². The second-order valence-electron chi connectivity index (χ2n) is 4.96. The van der Waals surface area contributed by atoms with Gasteiger partial charge in [0, 0.05) is 6.42 Å². The normalized spacial score (nSPS) is 10.5. The van der Waals surface area contributed by atoms with Crippen molar-refractivity contribution in [1.29, 1.82) is 0 Å². The highest BCUT2D eigenvalue weighted by molar-refractivity contribution is 7.80. The maximum atomic E-state index is 5.87. The molecule has 0 unspecified atom stereocenters. The molecule has 0 aromatic heterocycles. The van der Waals surface area contributed by atoms with Gasteiger partial charge in [0.2, 0.25) is 0 Å². The minimum absolute atomic E-state index is 0.122. The lowest BCUT2D eigenvalue weighted by molar-refractivity contribution is 0.279. The number of benzene rings is 2. The molecule has 0 aliphatic carbocycles. The van der Waals surface area contributed by atoms with E-state index in [1.165, 1.54) is 5.56 Å². The minimum atomic E-state index is 0.122. The van der Waals surface area contributed by atoms with E-state index in [-0.39, 0.29) is 5.11 Å². The van der Waals surface area contributed by atoms with E-state index >= 15 is 0 Å². The van der Waals surface area contributed by atoms with Crippen molar-refractivity contribution in [2.24, 2.45) is 10.8 Å². The molecule has 0 heterocycles. The Balaban J connectivity index is 2.00. The van der Waals surface area contributed by atoms with Crippen molar-refractivity contribution in [3.63, 3.8) is 0 Å². The molecular formula is C18H21N3O2S. The lowest BCUT2D eigenvalue weighted by Gasteiger charge is -2.12. The molecule has 6 heteroatoms. The van der Waals surface area contributed by atoms with Gasteiger partial charge in [0.25, 0.3) is 0 Å². The average Bonchev–Trinajstić information content (AvgIpc) is 2.57. The van der Waals surface area contributed by atoms with E-state index in [2.05, 4.69) is 22.7 Å². The van der Waals surface area contributed by atoms with Gasteiger partial charge in [0.15, 0.2) is 16.6 Å².